The number of aliphatic hydroxyl groups is 2. The summed E-state index contributed by atoms with van der Waals surface area (Å²) >= 11 is 0. The van der Waals surface area contributed by atoms with Gasteiger partial charge in [0.05, 0.1) is 12.2 Å². The fourth-order valence-corrected chi connectivity index (χ4v) is 4.17. The monoisotopic (exact) mass is 428 g/mol. The normalized spacial score (nSPS) is 14.0. The van der Waals surface area contributed by atoms with Gasteiger partial charge in [0.2, 0.25) is 0 Å². The molecule has 0 saturated carbocycles. The molecule has 2 atom stereocenters. The van der Waals surface area contributed by atoms with Gasteiger partial charge in [0.1, 0.15) is 0 Å². The predicted molar refractivity (Wildman–Crippen MR) is 132 cm³/mol. The number of nitrogens with zero attached hydrogens (tertiary/aromatic N) is 2. The molecule has 0 aromatic heterocycles. The Balaban J connectivity index is 3.51. The van der Waals surface area contributed by atoms with Crippen LogP contribution < -0.4 is 0 Å². The zero-order chi connectivity index (χ0) is 22.5. The molecular weight excluding hydrogens is 372 g/mol. The van der Waals surface area contributed by atoms with E-state index < -0.39 is 0 Å². The lowest BCUT2D eigenvalue weighted by Crippen LogP contribution is -2.30. The molecule has 4 heteroatoms. The third-order valence-electron chi connectivity index (χ3n) is 6.16. The van der Waals surface area contributed by atoms with Crippen LogP contribution in [0.4, 0.5) is 0 Å². The Hall–Kier alpha value is -0.160. The van der Waals surface area contributed by atoms with E-state index in [1.165, 1.54) is 77.0 Å². The summed E-state index contributed by atoms with van der Waals surface area (Å²) < 4.78 is 0. The smallest absolute Gasteiger partial charge is 0.0667 e. The standard InChI is InChI=1S/C26H56N2O2/c1-5-7-9-11-15-19-25(29)23-27(3)21-17-13-14-18-22-28(4)24-26(30)20-16-12-10-8-6-2/h25-26,29-30H,5-24H2,1-4H3. The van der Waals surface area contributed by atoms with Gasteiger partial charge in [-0.05, 0) is 52.9 Å². The minimum Gasteiger partial charge on any atom is -0.392 e. The average molecular weight is 429 g/mol. The summed E-state index contributed by atoms with van der Waals surface area (Å²) in [4.78, 5) is 4.58. The van der Waals surface area contributed by atoms with Crippen LogP contribution >= 0.6 is 0 Å². The highest BCUT2D eigenvalue weighted by Crippen LogP contribution is 2.10. The van der Waals surface area contributed by atoms with Gasteiger partial charge in [-0.25, -0.2) is 0 Å². The van der Waals surface area contributed by atoms with E-state index in [-0.39, 0.29) is 12.2 Å². The second-order valence-electron chi connectivity index (χ2n) is 9.65. The Morgan fingerprint density at radius 3 is 1.20 bits per heavy atom. The van der Waals surface area contributed by atoms with Crippen LogP contribution in [0.1, 0.15) is 117 Å². The Kier molecular flexibility index (Phi) is 21.9. The van der Waals surface area contributed by atoms with Gasteiger partial charge in [0, 0.05) is 13.1 Å². The fourth-order valence-electron chi connectivity index (χ4n) is 4.17. The second kappa shape index (κ2) is 22.0. The van der Waals surface area contributed by atoms with E-state index in [1.807, 2.05) is 0 Å². The molecule has 0 spiro atoms. The first-order valence-corrected chi connectivity index (χ1v) is 13.2. The van der Waals surface area contributed by atoms with Gasteiger partial charge >= 0.3 is 0 Å². The second-order valence-corrected chi connectivity index (χ2v) is 9.65. The van der Waals surface area contributed by atoms with Crippen LogP contribution in [0.3, 0.4) is 0 Å². The predicted octanol–water partition coefficient (Wildman–Crippen LogP) is 5.85. The average Bonchev–Trinajstić information content (AvgIpc) is 2.70. The molecule has 0 aliphatic rings. The topological polar surface area (TPSA) is 46.9 Å². The minimum absolute atomic E-state index is 0.164. The minimum atomic E-state index is -0.164. The maximum Gasteiger partial charge on any atom is 0.0667 e. The van der Waals surface area contributed by atoms with Gasteiger partial charge in [-0.2, -0.15) is 0 Å². The van der Waals surface area contributed by atoms with Gasteiger partial charge in [-0.15, -0.1) is 0 Å². The summed E-state index contributed by atoms with van der Waals surface area (Å²) in [6.45, 7) is 8.27. The Bertz CT molecular complexity index is 309. The maximum absolute atomic E-state index is 10.2. The van der Waals surface area contributed by atoms with Crippen molar-refractivity contribution in [3.8, 4) is 0 Å². The number of likely N-dealkylation sites (N-methyl/N-ethyl adjacent to an activating group) is 2. The molecule has 0 saturated heterocycles. The van der Waals surface area contributed by atoms with Gasteiger partial charge < -0.3 is 20.0 Å². The summed E-state index contributed by atoms with van der Waals surface area (Å²) in [6.07, 6.45) is 19.2. The first-order valence-electron chi connectivity index (χ1n) is 13.2. The van der Waals surface area contributed by atoms with E-state index in [4.69, 9.17) is 0 Å². The van der Waals surface area contributed by atoms with Crippen molar-refractivity contribution in [3.63, 3.8) is 0 Å². The van der Waals surface area contributed by atoms with Crippen molar-refractivity contribution in [3.05, 3.63) is 0 Å². The highest BCUT2D eigenvalue weighted by Gasteiger charge is 2.09. The van der Waals surface area contributed by atoms with Gasteiger partial charge in [0.25, 0.3) is 0 Å². The third kappa shape index (κ3) is 21.1. The molecular formula is C26H56N2O2. The fraction of sp³-hybridized carbons (Fsp3) is 1.00. The van der Waals surface area contributed by atoms with Crippen LogP contribution in [0, 0.1) is 0 Å². The maximum atomic E-state index is 10.2. The zero-order valence-corrected chi connectivity index (χ0v) is 21.1. The first-order chi connectivity index (χ1) is 14.5. The van der Waals surface area contributed by atoms with Crippen molar-refractivity contribution < 1.29 is 10.2 Å². The molecule has 30 heavy (non-hydrogen) atoms. The lowest BCUT2D eigenvalue weighted by Gasteiger charge is -2.21. The van der Waals surface area contributed by atoms with E-state index in [1.54, 1.807) is 0 Å². The lowest BCUT2D eigenvalue weighted by atomic mass is 10.1. The van der Waals surface area contributed by atoms with E-state index >= 15 is 0 Å². The number of hydrogen-bond acceptors (Lipinski definition) is 4. The van der Waals surface area contributed by atoms with E-state index in [0.29, 0.717) is 0 Å². The molecule has 0 rings (SSSR count). The molecule has 2 N–H and O–H groups in total. The molecule has 0 aromatic rings. The van der Waals surface area contributed by atoms with E-state index in [2.05, 4.69) is 37.7 Å². The number of aliphatic hydroxyl groups excluding tert-OH is 2. The molecule has 0 amide bonds. The van der Waals surface area contributed by atoms with Crippen LogP contribution in [-0.4, -0.2) is 72.5 Å². The molecule has 0 fully saturated rings. The summed E-state index contributed by atoms with van der Waals surface area (Å²) in [7, 11) is 4.27. The largest absolute Gasteiger partial charge is 0.392 e. The van der Waals surface area contributed by atoms with E-state index in [0.717, 1.165) is 51.9 Å². The Morgan fingerprint density at radius 1 is 0.500 bits per heavy atom. The zero-order valence-electron chi connectivity index (χ0n) is 21.1. The van der Waals surface area contributed by atoms with E-state index in [9.17, 15) is 10.2 Å². The van der Waals surface area contributed by atoms with Crippen molar-refractivity contribution in [2.24, 2.45) is 0 Å². The highest BCUT2D eigenvalue weighted by atomic mass is 16.3. The van der Waals surface area contributed by atoms with Crippen LogP contribution in [0.2, 0.25) is 0 Å². The SMILES string of the molecule is CCCCCCCC(O)CN(C)CCCCCCN(C)CC(O)CCCCCCC. The van der Waals surface area contributed by atoms with Crippen molar-refractivity contribution in [2.75, 3.05) is 40.3 Å². The number of rotatable bonds is 23. The number of hydrogen-bond donors (Lipinski definition) is 2. The summed E-state index contributed by atoms with van der Waals surface area (Å²) in [6, 6.07) is 0. The Labute approximate surface area is 189 Å². The van der Waals surface area contributed by atoms with Crippen LogP contribution in [0.15, 0.2) is 0 Å². The first kappa shape index (κ1) is 29.8. The molecule has 2 unspecified atom stereocenters. The van der Waals surface area contributed by atoms with Crippen molar-refractivity contribution in [2.45, 2.75) is 129 Å². The molecule has 0 aliphatic carbocycles. The van der Waals surface area contributed by atoms with Gasteiger partial charge in [0.15, 0.2) is 0 Å². The molecule has 0 heterocycles. The quantitative estimate of drug-likeness (QED) is 0.200. The molecule has 4 nitrogen and oxygen atoms in total. The van der Waals surface area contributed by atoms with Crippen LogP contribution in [0.25, 0.3) is 0 Å². The van der Waals surface area contributed by atoms with Crippen LogP contribution in [0.5, 0.6) is 0 Å². The molecule has 0 bridgehead atoms. The summed E-state index contributed by atoms with van der Waals surface area (Å²) in [5, 5.41) is 20.3. The highest BCUT2D eigenvalue weighted by molar-refractivity contribution is 4.64. The number of unbranched alkanes of at least 4 members (excludes halogenated alkanes) is 11. The molecule has 0 radical (unpaired) electrons. The third-order valence-corrected chi connectivity index (χ3v) is 6.16. The van der Waals surface area contributed by atoms with Gasteiger partial charge in [-0.1, -0.05) is 90.9 Å². The molecule has 0 aromatic carbocycles. The lowest BCUT2D eigenvalue weighted by molar-refractivity contribution is 0.112. The summed E-state index contributed by atoms with van der Waals surface area (Å²) in [5.74, 6) is 0. The molecule has 182 valence electrons. The van der Waals surface area contributed by atoms with Gasteiger partial charge in [-0.3, -0.25) is 0 Å². The Morgan fingerprint density at radius 2 is 0.833 bits per heavy atom. The van der Waals surface area contributed by atoms with Crippen LogP contribution in [-0.2, 0) is 0 Å². The van der Waals surface area contributed by atoms with Crippen molar-refractivity contribution >= 4 is 0 Å². The molecule has 0 aliphatic heterocycles. The van der Waals surface area contributed by atoms with Crippen molar-refractivity contribution in [1.82, 2.24) is 9.80 Å². The summed E-state index contributed by atoms with van der Waals surface area (Å²) in [5.41, 5.74) is 0. The van der Waals surface area contributed by atoms with Crippen molar-refractivity contribution in [1.29, 1.82) is 0 Å².